The highest BCUT2D eigenvalue weighted by Crippen LogP contribution is 2.21. The number of ether oxygens (including phenoxy) is 1. The van der Waals surface area contributed by atoms with Crippen LogP contribution < -0.4 is 4.74 Å². The Morgan fingerprint density at radius 3 is 2.80 bits per heavy atom. The molecule has 30 heavy (non-hydrogen) atoms. The van der Waals surface area contributed by atoms with Gasteiger partial charge in [-0.1, -0.05) is 6.07 Å². The monoisotopic (exact) mass is 402 g/mol. The van der Waals surface area contributed by atoms with E-state index in [0.717, 1.165) is 37.3 Å². The summed E-state index contributed by atoms with van der Waals surface area (Å²) >= 11 is 0. The number of likely N-dealkylation sites (tertiary alicyclic amines) is 1. The number of carbonyl (C=O) groups excluding carboxylic acids is 1. The molecule has 0 unspecified atom stereocenters. The second-order valence-corrected chi connectivity index (χ2v) is 7.45. The fourth-order valence-electron chi connectivity index (χ4n) is 3.77. The van der Waals surface area contributed by atoms with Crippen LogP contribution in [-0.2, 0) is 0 Å². The van der Waals surface area contributed by atoms with E-state index in [-0.39, 0.29) is 5.91 Å². The van der Waals surface area contributed by atoms with Crippen molar-refractivity contribution in [3.8, 4) is 11.6 Å². The van der Waals surface area contributed by atoms with E-state index in [1.165, 1.54) is 0 Å². The van der Waals surface area contributed by atoms with Crippen LogP contribution in [0.25, 0.3) is 11.3 Å². The van der Waals surface area contributed by atoms with Gasteiger partial charge in [-0.3, -0.25) is 4.79 Å². The maximum Gasteiger partial charge on any atom is 0.253 e. The first kappa shape index (κ1) is 18.4. The lowest BCUT2D eigenvalue weighted by Crippen LogP contribution is -2.39. The number of benzene rings is 1. The Balaban J connectivity index is 1.16. The number of amides is 1. The summed E-state index contributed by atoms with van der Waals surface area (Å²) in [5, 5.41) is 8.63. The summed E-state index contributed by atoms with van der Waals surface area (Å²) in [6.07, 6.45) is 8.94. The molecule has 4 aromatic rings. The first-order valence-electron chi connectivity index (χ1n) is 10.1. The Hall–Kier alpha value is -3.68. The summed E-state index contributed by atoms with van der Waals surface area (Å²) in [6, 6.07) is 13.2. The second kappa shape index (κ2) is 7.98. The SMILES string of the molecule is O=C(c1cccc(-n2cccn2)c1)N1CCC(COc2ccc3nccn3n2)CC1. The normalized spacial score (nSPS) is 14.9. The third-order valence-electron chi connectivity index (χ3n) is 5.46. The molecule has 0 N–H and O–H groups in total. The van der Waals surface area contributed by atoms with Crippen LogP contribution in [-0.4, -0.2) is 54.9 Å². The first-order valence-corrected chi connectivity index (χ1v) is 10.1. The van der Waals surface area contributed by atoms with Crippen molar-refractivity contribution in [1.82, 2.24) is 29.3 Å². The van der Waals surface area contributed by atoms with Gasteiger partial charge in [0.2, 0.25) is 5.88 Å². The highest BCUT2D eigenvalue weighted by atomic mass is 16.5. The van der Waals surface area contributed by atoms with Crippen LogP contribution in [0.3, 0.4) is 0 Å². The molecule has 1 aromatic carbocycles. The van der Waals surface area contributed by atoms with Crippen molar-refractivity contribution in [3.05, 3.63) is 72.8 Å². The number of nitrogens with zero attached hydrogens (tertiary/aromatic N) is 6. The maximum atomic E-state index is 13.0. The number of rotatable bonds is 5. The van der Waals surface area contributed by atoms with E-state index in [2.05, 4.69) is 15.2 Å². The van der Waals surface area contributed by atoms with Crippen LogP contribution in [0.1, 0.15) is 23.2 Å². The molecule has 152 valence electrons. The van der Waals surface area contributed by atoms with Crippen molar-refractivity contribution < 1.29 is 9.53 Å². The molecule has 0 spiro atoms. The number of hydrogen-bond donors (Lipinski definition) is 0. The molecule has 4 heterocycles. The van der Waals surface area contributed by atoms with E-state index in [0.29, 0.717) is 24.0 Å². The Morgan fingerprint density at radius 1 is 1.07 bits per heavy atom. The smallest absolute Gasteiger partial charge is 0.253 e. The number of aromatic nitrogens is 5. The number of hydrogen-bond acceptors (Lipinski definition) is 5. The highest BCUT2D eigenvalue weighted by Gasteiger charge is 2.24. The Kier molecular flexibility index (Phi) is 4.88. The number of imidazole rings is 1. The van der Waals surface area contributed by atoms with Crippen LogP contribution in [0.4, 0.5) is 0 Å². The molecule has 1 saturated heterocycles. The first-order chi connectivity index (χ1) is 14.8. The molecule has 0 bridgehead atoms. The molecule has 5 rings (SSSR count). The Morgan fingerprint density at radius 2 is 1.97 bits per heavy atom. The van der Waals surface area contributed by atoms with Gasteiger partial charge in [0.05, 0.1) is 12.3 Å². The third kappa shape index (κ3) is 3.76. The standard InChI is InChI=1S/C22H22N6O2/c29-22(18-3-1-4-19(15-18)27-11-2-9-24-27)26-12-7-17(8-13-26)16-30-21-6-5-20-23-10-14-28(20)25-21/h1-6,9-11,14-15,17H,7-8,12-13,16H2. The van der Waals surface area contributed by atoms with Gasteiger partial charge in [0.1, 0.15) is 0 Å². The van der Waals surface area contributed by atoms with Crippen LogP contribution in [0.2, 0.25) is 0 Å². The van der Waals surface area contributed by atoms with E-state index in [9.17, 15) is 4.79 Å². The zero-order valence-corrected chi connectivity index (χ0v) is 16.5. The van der Waals surface area contributed by atoms with Gasteiger partial charge < -0.3 is 9.64 Å². The lowest BCUT2D eigenvalue weighted by molar-refractivity contribution is 0.0659. The number of piperidine rings is 1. The minimum Gasteiger partial charge on any atom is -0.476 e. The van der Waals surface area contributed by atoms with Gasteiger partial charge in [-0.15, -0.1) is 5.10 Å². The molecule has 0 saturated carbocycles. The molecule has 1 aliphatic heterocycles. The molecule has 0 atom stereocenters. The molecular weight excluding hydrogens is 380 g/mol. The fourth-order valence-corrected chi connectivity index (χ4v) is 3.77. The van der Waals surface area contributed by atoms with Crippen LogP contribution >= 0.6 is 0 Å². The van der Waals surface area contributed by atoms with Crippen molar-refractivity contribution in [2.45, 2.75) is 12.8 Å². The molecule has 0 aliphatic carbocycles. The predicted octanol–water partition coefficient (Wildman–Crippen LogP) is 2.85. The molecule has 8 heteroatoms. The fraction of sp³-hybridized carbons (Fsp3) is 0.273. The number of carbonyl (C=O) groups is 1. The van der Waals surface area contributed by atoms with Crippen LogP contribution in [0.15, 0.2) is 67.3 Å². The van der Waals surface area contributed by atoms with Crippen LogP contribution in [0, 0.1) is 5.92 Å². The van der Waals surface area contributed by atoms with Crippen LogP contribution in [0.5, 0.6) is 5.88 Å². The Bertz CT molecular complexity index is 1150. The largest absolute Gasteiger partial charge is 0.476 e. The molecule has 1 aliphatic rings. The summed E-state index contributed by atoms with van der Waals surface area (Å²) < 4.78 is 9.35. The van der Waals surface area contributed by atoms with Crippen molar-refractivity contribution in [2.24, 2.45) is 5.92 Å². The van der Waals surface area contributed by atoms with Gasteiger partial charge >= 0.3 is 0 Å². The zero-order chi connectivity index (χ0) is 20.3. The topological polar surface area (TPSA) is 77.5 Å². The molecule has 1 amide bonds. The van der Waals surface area contributed by atoms with E-state index >= 15 is 0 Å². The quantitative estimate of drug-likeness (QED) is 0.513. The maximum absolute atomic E-state index is 13.0. The lowest BCUT2D eigenvalue weighted by atomic mass is 9.97. The van der Waals surface area contributed by atoms with Gasteiger partial charge in [-0.2, -0.15) is 5.10 Å². The summed E-state index contributed by atoms with van der Waals surface area (Å²) in [7, 11) is 0. The Labute approximate surface area is 173 Å². The summed E-state index contributed by atoms with van der Waals surface area (Å²) in [5.74, 6) is 1.06. The zero-order valence-electron chi connectivity index (χ0n) is 16.5. The average molecular weight is 402 g/mol. The van der Waals surface area contributed by atoms with Gasteiger partial charge in [0.15, 0.2) is 5.65 Å². The van der Waals surface area contributed by atoms with Gasteiger partial charge in [0.25, 0.3) is 5.91 Å². The van der Waals surface area contributed by atoms with Crippen molar-refractivity contribution in [3.63, 3.8) is 0 Å². The third-order valence-corrected chi connectivity index (χ3v) is 5.46. The van der Waals surface area contributed by atoms with E-state index in [4.69, 9.17) is 4.74 Å². The molecular formula is C22H22N6O2. The lowest BCUT2D eigenvalue weighted by Gasteiger charge is -2.32. The van der Waals surface area contributed by atoms with Gasteiger partial charge in [-0.05, 0) is 49.1 Å². The molecule has 8 nitrogen and oxygen atoms in total. The molecule has 3 aromatic heterocycles. The van der Waals surface area contributed by atoms with Gasteiger partial charge in [0, 0.05) is 49.5 Å². The summed E-state index contributed by atoms with van der Waals surface area (Å²) in [5.41, 5.74) is 2.37. The van der Waals surface area contributed by atoms with Crippen molar-refractivity contribution in [2.75, 3.05) is 19.7 Å². The molecule has 0 radical (unpaired) electrons. The minimum atomic E-state index is 0.0654. The van der Waals surface area contributed by atoms with E-state index in [1.54, 1.807) is 27.8 Å². The average Bonchev–Trinajstić information content (AvgIpc) is 3.49. The highest BCUT2D eigenvalue weighted by molar-refractivity contribution is 5.94. The van der Waals surface area contributed by atoms with Crippen molar-refractivity contribution in [1.29, 1.82) is 0 Å². The van der Waals surface area contributed by atoms with Crippen molar-refractivity contribution >= 4 is 11.6 Å². The molecule has 1 fully saturated rings. The minimum absolute atomic E-state index is 0.0654. The summed E-state index contributed by atoms with van der Waals surface area (Å²) in [6.45, 7) is 2.06. The number of fused-ring (bicyclic) bond motifs is 1. The summed E-state index contributed by atoms with van der Waals surface area (Å²) in [4.78, 5) is 19.1. The van der Waals surface area contributed by atoms with Gasteiger partial charge in [-0.25, -0.2) is 14.2 Å². The van der Waals surface area contributed by atoms with E-state index in [1.807, 2.05) is 53.6 Å². The second-order valence-electron chi connectivity index (χ2n) is 7.45. The van der Waals surface area contributed by atoms with E-state index < -0.39 is 0 Å². The predicted molar refractivity (Wildman–Crippen MR) is 111 cm³/mol.